The summed E-state index contributed by atoms with van der Waals surface area (Å²) in [5.74, 6) is 0. The van der Waals surface area contributed by atoms with Crippen molar-refractivity contribution in [2.24, 2.45) is 0 Å². The van der Waals surface area contributed by atoms with Crippen molar-refractivity contribution in [3.8, 4) is 22.4 Å². The van der Waals surface area contributed by atoms with Crippen molar-refractivity contribution >= 4 is 5.69 Å². The van der Waals surface area contributed by atoms with Crippen LogP contribution in [0.25, 0.3) is 22.4 Å². The predicted molar refractivity (Wildman–Crippen MR) is 128 cm³/mol. The summed E-state index contributed by atoms with van der Waals surface area (Å²) in [6, 6.07) is 34.9. The summed E-state index contributed by atoms with van der Waals surface area (Å²) in [6.07, 6.45) is 5.84. The molecule has 0 unspecified atom stereocenters. The molecule has 2 heterocycles. The van der Waals surface area contributed by atoms with E-state index in [0.29, 0.717) is 0 Å². The minimum atomic E-state index is 0. The molecule has 1 aromatic heterocycles. The average Bonchev–Trinajstić information content (AvgIpc) is 3.27. The molecule has 160 valence electrons. The van der Waals surface area contributed by atoms with Crippen molar-refractivity contribution in [1.82, 2.24) is 9.88 Å². The van der Waals surface area contributed by atoms with Crippen molar-refractivity contribution in [1.29, 1.82) is 0 Å². The van der Waals surface area contributed by atoms with E-state index in [1.165, 1.54) is 11.1 Å². The molecular weight excluding hydrogens is 571 g/mol. The molecule has 0 saturated carbocycles. The second-order valence-electron chi connectivity index (χ2n) is 7.28. The third-order valence-corrected chi connectivity index (χ3v) is 4.86. The molecule has 0 atom stereocenters. The first-order valence-corrected chi connectivity index (χ1v) is 10.2. The zero-order valence-corrected chi connectivity index (χ0v) is 20.5. The van der Waals surface area contributed by atoms with Gasteiger partial charge in [-0.15, -0.1) is 47.6 Å². The summed E-state index contributed by atoms with van der Waals surface area (Å²) in [4.78, 5) is 8.54. The maximum Gasteiger partial charge on any atom is 3.00 e. The van der Waals surface area contributed by atoms with Crippen LogP contribution in [0.5, 0.6) is 0 Å². The summed E-state index contributed by atoms with van der Waals surface area (Å²) in [6.45, 7) is 4.08. The van der Waals surface area contributed by atoms with Gasteiger partial charge in [0.25, 0.3) is 0 Å². The van der Waals surface area contributed by atoms with Gasteiger partial charge in [-0.2, -0.15) is 30.4 Å². The predicted octanol–water partition coefficient (Wildman–Crippen LogP) is 6.35. The third kappa shape index (κ3) is 5.94. The molecule has 5 rings (SSSR count). The topological polar surface area (TPSA) is 19.4 Å². The number of hydrogen-bond acceptors (Lipinski definition) is 3. The average molecular weight is 595 g/mol. The smallest absolute Gasteiger partial charge is 0.510 e. The van der Waals surface area contributed by atoms with Crippen molar-refractivity contribution in [2.45, 2.75) is 6.92 Å². The number of hydrogen-bond donors (Lipinski definition) is 0. The summed E-state index contributed by atoms with van der Waals surface area (Å²) in [5.41, 5.74) is 6.63. The van der Waals surface area contributed by atoms with Crippen LogP contribution in [-0.2, 0) is 20.1 Å². The molecule has 3 nitrogen and oxygen atoms in total. The minimum Gasteiger partial charge on any atom is -0.510 e. The van der Waals surface area contributed by atoms with Gasteiger partial charge in [0, 0.05) is 6.20 Å². The van der Waals surface area contributed by atoms with Crippen molar-refractivity contribution < 1.29 is 20.1 Å². The molecule has 0 fully saturated rings. The van der Waals surface area contributed by atoms with E-state index in [1.807, 2.05) is 96.7 Å². The molecule has 3 aromatic carbocycles. The second kappa shape index (κ2) is 11.4. The molecule has 0 spiro atoms. The van der Waals surface area contributed by atoms with E-state index in [9.17, 15) is 0 Å². The molecular formula is C28H24IrN3. The molecule has 32 heavy (non-hydrogen) atoms. The van der Waals surface area contributed by atoms with Crippen LogP contribution < -0.4 is 4.90 Å². The van der Waals surface area contributed by atoms with Gasteiger partial charge in [-0.1, -0.05) is 43.3 Å². The fraction of sp³-hybridized carbons (Fsp3) is 0.0714. The summed E-state index contributed by atoms with van der Waals surface area (Å²) < 4.78 is 0. The van der Waals surface area contributed by atoms with E-state index in [0.717, 1.165) is 22.5 Å². The van der Waals surface area contributed by atoms with Crippen LogP contribution in [0.15, 0.2) is 104 Å². The number of benzene rings is 3. The van der Waals surface area contributed by atoms with Gasteiger partial charge in [-0.25, -0.2) is 0 Å². The number of rotatable bonds is 3. The SMILES string of the molecule is Cc1c[c-]c(N2C=CN(C)[CH-]2)cc1.[Ir+3].[c-]1ccccc1-c1ncccc1-c1ccccc1. The Morgan fingerprint density at radius 2 is 1.66 bits per heavy atom. The Labute approximate surface area is 204 Å². The largest absolute Gasteiger partial charge is 3.00 e. The van der Waals surface area contributed by atoms with Gasteiger partial charge < -0.3 is 14.8 Å². The Kier molecular flexibility index (Phi) is 8.38. The van der Waals surface area contributed by atoms with E-state index in [4.69, 9.17) is 0 Å². The zero-order chi connectivity index (χ0) is 21.5. The fourth-order valence-electron chi connectivity index (χ4n) is 3.26. The third-order valence-electron chi connectivity index (χ3n) is 4.86. The molecule has 0 N–H and O–H groups in total. The Bertz CT molecular complexity index is 1070. The summed E-state index contributed by atoms with van der Waals surface area (Å²) in [7, 11) is 2.00. The normalized spacial score (nSPS) is 12.1. The number of pyridine rings is 1. The molecule has 1 aliphatic heterocycles. The first-order valence-electron chi connectivity index (χ1n) is 10.2. The van der Waals surface area contributed by atoms with E-state index in [-0.39, 0.29) is 20.1 Å². The first kappa shape index (κ1) is 23.5. The fourth-order valence-corrected chi connectivity index (χ4v) is 3.26. The Morgan fingerprint density at radius 3 is 2.31 bits per heavy atom. The van der Waals surface area contributed by atoms with E-state index in [2.05, 4.69) is 54.4 Å². The summed E-state index contributed by atoms with van der Waals surface area (Å²) >= 11 is 0. The van der Waals surface area contributed by atoms with Crippen molar-refractivity contribution in [3.63, 3.8) is 0 Å². The number of anilines is 1. The van der Waals surface area contributed by atoms with Gasteiger partial charge in [-0.3, -0.25) is 0 Å². The van der Waals surface area contributed by atoms with Gasteiger partial charge >= 0.3 is 20.1 Å². The van der Waals surface area contributed by atoms with Gasteiger partial charge in [0.05, 0.1) is 0 Å². The van der Waals surface area contributed by atoms with Gasteiger partial charge in [0.2, 0.25) is 0 Å². The van der Waals surface area contributed by atoms with Gasteiger partial charge in [-0.05, 0) is 42.3 Å². The van der Waals surface area contributed by atoms with Crippen LogP contribution in [0.2, 0.25) is 0 Å². The van der Waals surface area contributed by atoms with E-state index < -0.39 is 0 Å². The van der Waals surface area contributed by atoms with Crippen molar-refractivity contribution in [3.05, 3.63) is 128 Å². The summed E-state index contributed by atoms with van der Waals surface area (Å²) in [5, 5.41) is 0. The number of aryl methyl sites for hydroxylation is 1. The molecule has 0 radical (unpaired) electrons. The van der Waals surface area contributed by atoms with Crippen LogP contribution in [0, 0.1) is 25.7 Å². The first-order chi connectivity index (χ1) is 15.2. The molecule has 0 saturated heterocycles. The standard InChI is InChI=1S/C17H12N.C11H12N2.Ir/c1-3-8-14(9-4-1)16-12-7-13-18-17(16)15-10-5-2-6-11-15;1-10-3-5-11(6-4-10)13-8-7-12(2)9-13;/h1-10,12-13H;3-5,7-9H,1-2H3;/q-1;-2;+3. The Balaban J connectivity index is 0.000000184. The molecule has 4 heteroatoms. The van der Waals surface area contributed by atoms with Crippen LogP contribution >= 0.6 is 0 Å². The van der Waals surface area contributed by atoms with Crippen LogP contribution in [0.4, 0.5) is 5.69 Å². The van der Waals surface area contributed by atoms with Crippen LogP contribution in [0.3, 0.4) is 0 Å². The molecule has 0 bridgehead atoms. The maximum absolute atomic E-state index is 4.49. The Morgan fingerprint density at radius 1 is 0.844 bits per heavy atom. The maximum atomic E-state index is 4.49. The number of aromatic nitrogens is 1. The number of nitrogens with zero attached hydrogens (tertiary/aromatic N) is 3. The minimum absolute atomic E-state index is 0. The molecule has 1 aliphatic rings. The molecule has 0 amide bonds. The molecule has 4 aromatic rings. The van der Waals surface area contributed by atoms with Crippen LogP contribution in [-0.4, -0.2) is 16.9 Å². The van der Waals surface area contributed by atoms with E-state index in [1.54, 1.807) is 0 Å². The van der Waals surface area contributed by atoms with E-state index >= 15 is 0 Å². The zero-order valence-electron chi connectivity index (χ0n) is 18.1. The quantitative estimate of drug-likeness (QED) is 0.258. The van der Waals surface area contributed by atoms with Crippen molar-refractivity contribution in [2.75, 3.05) is 11.9 Å². The monoisotopic (exact) mass is 595 g/mol. The Hall–Kier alpha value is -3.20. The van der Waals surface area contributed by atoms with Gasteiger partial charge in [0.1, 0.15) is 0 Å². The molecule has 0 aliphatic carbocycles. The van der Waals surface area contributed by atoms with Gasteiger partial charge in [0.15, 0.2) is 0 Å². The second-order valence-corrected chi connectivity index (χ2v) is 7.28. The van der Waals surface area contributed by atoms with Crippen LogP contribution in [0.1, 0.15) is 5.56 Å².